The van der Waals surface area contributed by atoms with Gasteiger partial charge in [-0.3, -0.25) is 24.3 Å². The van der Waals surface area contributed by atoms with E-state index in [-0.39, 0.29) is 29.7 Å². The maximum absolute atomic E-state index is 13.9. The quantitative estimate of drug-likeness (QED) is 0.360. The van der Waals surface area contributed by atoms with E-state index in [2.05, 4.69) is 11.9 Å². The van der Waals surface area contributed by atoms with Gasteiger partial charge in [-0.2, -0.15) is 0 Å². The third-order valence-corrected chi connectivity index (χ3v) is 8.25. The average molecular weight is 534 g/mol. The molecular formula is C29H31N3O7. The highest BCUT2D eigenvalue weighted by atomic mass is 16.3. The molecule has 0 spiro atoms. The predicted molar refractivity (Wildman–Crippen MR) is 141 cm³/mol. The number of rotatable bonds is 5. The number of ketones is 2. The van der Waals surface area contributed by atoms with Crippen LogP contribution in [0.5, 0.6) is 5.75 Å². The number of phenolic OH excluding ortho intramolecular Hbond substituents is 1. The van der Waals surface area contributed by atoms with Crippen molar-refractivity contribution >= 4 is 23.2 Å². The van der Waals surface area contributed by atoms with Crippen molar-refractivity contribution in [3.05, 3.63) is 64.2 Å². The Bertz CT molecular complexity index is 1490. The number of primary amides is 1. The lowest BCUT2D eigenvalue weighted by Crippen LogP contribution is -2.65. The lowest BCUT2D eigenvalue weighted by Gasteiger charge is -2.50. The summed E-state index contributed by atoms with van der Waals surface area (Å²) in [5.41, 5.74) is 4.92. The van der Waals surface area contributed by atoms with E-state index in [0.29, 0.717) is 5.56 Å². The van der Waals surface area contributed by atoms with Gasteiger partial charge in [-0.05, 0) is 68.1 Å². The molecule has 0 saturated heterocycles. The molecule has 3 aliphatic rings. The van der Waals surface area contributed by atoms with Crippen molar-refractivity contribution in [2.45, 2.75) is 44.2 Å². The Kier molecular flexibility index (Phi) is 6.35. The number of carbonyl (C=O) groups is 3. The molecule has 0 aliphatic heterocycles. The minimum Gasteiger partial charge on any atom is -0.508 e. The van der Waals surface area contributed by atoms with Crippen molar-refractivity contribution < 1.29 is 34.8 Å². The Labute approximate surface area is 225 Å². The van der Waals surface area contributed by atoms with Gasteiger partial charge in [0.2, 0.25) is 5.78 Å². The summed E-state index contributed by atoms with van der Waals surface area (Å²) in [7, 11) is 3.14. The smallest absolute Gasteiger partial charge is 0.255 e. The number of aliphatic hydroxyl groups excluding tert-OH is 2. The Morgan fingerprint density at radius 1 is 1.18 bits per heavy atom. The number of hydrogen-bond acceptors (Lipinski definition) is 9. The number of aryl methyl sites for hydroxylation is 1. The molecule has 39 heavy (non-hydrogen) atoms. The molecule has 1 aromatic heterocycles. The van der Waals surface area contributed by atoms with Crippen LogP contribution in [0.2, 0.25) is 0 Å². The molecule has 1 aromatic carbocycles. The number of hydrogen-bond donors (Lipinski definition) is 5. The molecule has 1 saturated carbocycles. The van der Waals surface area contributed by atoms with Crippen molar-refractivity contribution in [3.8, 4) is 16.9 Å². The molecule has 1 amide bonds. The van der Waals surface area contributed by atoms with Gasteiger partial charge in [0.05, 0.1) is 11.6 Å². The zero-order valence-electron chi connectivity index (χ0n) is 21.9. The number of aromatic hydroxyl groups is 1. The number of nitrogens with two attached hydrogens (primary N) is 1. The van der Waals surface area contributed by atoms with Crippen LogP contribution in [0.25, 0.3) is 16.9 Å². The SMILES string of the molecule is CCCc1cncc(-c2ccc(O)c3c2C[C@H]2C[C@H]4C(N(C)C)C(=O)C(C(N)=O)=C(O)[C@]4(O)C(=O)C2=C3O)c1. The van der Waals surface area contributed by atoms with Crippen LogP contribution in [0.1, 0.15) is 36.5 Å². The largest absolute Gasteiger partial charge is 0.508 e. The van der Waals surface area contributed by atoms with Crippen molar-refractivity contribution in [3.63, 3.8) is 0 Å². The molecule has 0 bridgehead atoms. The Morgan fingerprint density at radius 3 is 2.54 bits per heavy atom. The number of likely N-dealkylation sites (N-methyl/N-ethyl adjacent to an activating group) is 1. The molecule has 3 aliphatic carbocycles. The predicted octanol–water partition coefficient (Wildman–Crippen LogP) is 1.98. The van der Waals surface area contributed by atoms with Crippen LogP contribution in [0.4, 0.5) is 0 Å². The number of benzene rings is 1. The van der Waals surface area contributed by atoms with E-state index < -0.39 is 58.0 Å². The van der Waals surface area contributed by atoms with Crippen LogP contribution in [0.15, 0.2) is 47.5 Å². The minimum atomic E-state index is -2.66. The number of nitrogens with zero attached hydrogens (tertiary/aromatic N) is 2. The molecular weight excluding hydrogens is 502 g/mol. The number of carbonyl (C=O) groups excluding carboxylic acids is 3. The molecule has 204 valence electrons. The average Bonchev–Trinajstić information content (AvgIpc) is 2.86. The molecule has 10 heteroatoms. The lowest BCUT2D eigenvalue weighted by molar-refractivity contribution is -0.153. The Morgan fingerprint density at radius 2 is 1.90 bits per heavy atom. The van der Waals surface area contributed by atoms with Crippen LogP contribution >= 0.6 is 0 Å². The molecule has 1 heterocycles. The van der Waals surface area contributed by atoms with E-state index in [0.717, 1.165) is 29.5 Å². The third-order valence-electron chi connectivity index (χ3n) is 8.25. The summed E-state index contributed by atoms with van der Waals surface area (Å²) in [6.07, 6.45) is 5.51. The molecule has 6 N–H and O–H groups in total. The monoisotopic (exact) mass is 533 g/mol. The molecule has 5 rings (SSSR count). The maximum atomic E-state index is 13.9. The number of amides is 1. The zero-order chi connectivity index (χ0) is 28.4. The van der Waals surface area contributed by atoms with E-state index >= 15 is 0 Å². The van der Waals surface area contributed by atoms with E-state index in [1.165, 1.54) is 11.0 Å². The van der Waals surface area contributed by atoms with Crippen LogP contribution in [0.3, 0.4) is 0 Å². The van der Waals surface area contributed by atoms with Crippen molar-refractivity contribution in [2.75, 3.05) is 14.1 Å². The van der Waals surface area contributed by atoms with Crippen LogP contribution in [-0.4, -0.2) is 73.5 Å². The summed E-state index contributed by atoms with van der Waals surface area (Å²) < 4.78 is 0. The number of Topliss-reactive ketones (excluding diaryl/α,β-unsaturated/α-hetero) is 2. The van der Waals surface area contributed by atoms with Gasteiger partial charge in [-0.25, -0.2) is 0 Å². The Hall–Kier alpha value is -4.02. The number of phenols is 1. The number of fused-ring (bicyclic) bond motifs is 3. The second-order valence-corrected chi connectivity index (χ2v) is 10.8. The van der Waals surface area contributed by atoms with Crippen molar-refractivity contribution in [1.29, 1.82) is 0 Å². The van der Waals surface area contributed by atoms with E-state index in [4.69, 9.17) is 5.73 Å². The second kappa shape index (κ2) is 9.32. The van der Waals surface area contributed by atoms with Gasteiger partial charge in [0.15, 0.2) is 11.4 Å². The molecule has 4 atom stereocenters. The summed E-state index contributed by atoms with van der Waals surface area (Å²) in [6, 6.07) is 4.04. The van der Waals surface area contributed by atoms with Crippen LogP contribution in [0, 0.1) is 11.8 Å². The summed E-state index contributed by atoms with van der Waals surface area (Å²) >= 11 is 0. The molecule has 1 unspecified atom stereocenters. The van der Waals surface area contributed by atoms with E-state index in [9.17, 15) is 34.8 Å². The van der Waals surface area contributed by atoms with E-state index in [1.807, 2.05) is 6.07 Å². The fourth-order valence-corrected chi connectivity index (χ4v) is 6.57. The van der Waals surface area contributed by atoms with Gasteiger partial charge >= 0.3 is 0 Å². The summed E-state index contributed by atoms with van der Waals surface area (Å²) in [4.78, 5) is 45.1. The van der Waals surface area contributed by atoms with E-state index in [1.54, 1.807) is 32.6 Å². The van der Waals surface area contributed by atoms with Crippen LogP contribution < -0.4 is 5.73 Å². The summed E-state index contributed by atoms with van der Waals surface area (Å²) in [6.45, 7) is 2.07. The zero-order valence-corrected chi connectivity index (χ0v) is 21.9. The summed E-state index contributed by atoms with van der Waals surface area (Å²) in [5.74, 6) is -6.69. The first kappa shape index (κ1) is 26.6. The van der Waals surface area contributed by atoms with Gasteiger partial charge in [0.25, 0.3) is 5.91 Å². The van der Waals surface area contributed by atoms with Crippen molar-refractivity contribution in [2.24, 2.45) is 17.6 Å². The maximum Gasteiger partial charge on any atom is 0.255 e. The van der Waals surface area contributed by atoms with Gasteiger partial charge < -0.3 is 26.2 Å². The minimum absolute atomic E-state index is 0.0367. The van der Waals surface area contributed by atoms with Crippen LogP contribution in [-0.2, 0) is 27.2 Å². The van der Waals surface area contributed by atoms with Gasteiger partial charge in [0.1, 0.15) is 22.8 Å². The van der Waals surface area contributed by atoms with Gasteiger partial charge in [-0.15, -0.1) is 0 Å². The first-order valence-corrected chi connectivity index (χ1v) is 12.9. The highest BCUT2D eigenvalue weighted by Crippen LogP contribution is 2.53. The topological polar surface area (TPSA) is 174 Å². The first-order chi connectivity index (χ1) is 18.4. The fraction of sp³-hybridized carbons (Fsp3) is 0.379. The fourth-order valence-electron chi connectivity index (χ4n) is 6.57. The molecule has 10 nitrogen and oxygen atoms in total. The normalized spacial score (nSPS) is 26.4. The first-order valence-electron chi connectivity index (χ1n) is 12.9. The third kappa shape index (κ3) is 3.77. The number of pyridine rings is 1. The second-order valence-electron chi connectivity index (χ2n) is 10.8. The van der Waals surface area contributed by atoms with Gasteiger partial charge in [-0.1, -0.05) is 19.4 Å². The number of aliphatic hydroxyl groups is 3. The van der Waals surface area contributed by atoms with Crippen molar-refractivity contribution in [1.82, 2.24) is 9.88 Å². The molecule has 0 radical (unpaired) electrons. The molecule has 1 fully saturated rings. The van der Waals surface area contributed by atoms with Gasteiger partial charge in [0, 0.05) is 29.4 Å². The highest BCUT2D eigenvalue weighted by Gasteiger charge is 2.64. The standard InChI is InChI=1S/C29H31N3O7/c1-4-5-13-8-15(12-31-11-13)16-6-7-19(33)21-17(16)9-14-10-18-23(32(2)3)25(35)22(28(30)38)27(37)29(18,39)26(36)20(14)24(21)34/h6-8,11-12,14,18,23,33-34,37,39H,4-5,9-10H2,1-3H3,(H2,30,38)/t14-,18-,23?,29+/m0/s1. The summed E-state index contributed by atoms with van der Waals surface area (Å²) in [5, 5.41) is 44.8. The molecule has 2 aromatic rings. The lowest BCUT2D eigenvalue weighted by atomic mass is 9.57. The highest BCUT2D eigenvalue weighted by molar-refractivity contribution is 6.24. The number of aromatic nitrogens is 1. The Balaban J connectivity index is 1.72.